The van der Waals surface area contributed by atoms with E-state index in [-0.39, 0.29) is 12.5 Å². The second-order valence-electron chi connectivity index (χ2n) is 4.40. The number of benzene rings is 1. The van der Waals surface area contributed by atoms with Crippen LogP contribution >= 0.6 is 0 Å². The molecular weight excluding hydrogens is 228 g/mol. The largest absolute Gasteiger partial charge is 0.372 e. The lowest BCUT2D eigenvalue weighted by Crippen LogP contribution is -2.23. The second kappa shape index (κ2) is 6.40. The number of carbonyl (C=O) groups excluding carboxylic acids is 1. The molecule has 0 radical (unpaired) electrons. The third-order valence-corrected chi connectivity index (χ3v) is 3.06. The van der Waals surface area contributed by atoms with Crippen molar-refractivity contribution in [2.75, 3.05) is 36.5 Å². The predicted molar refractivity (Wildman–Crippen MR) is 73.0 cm³/mol. The highest BCUT2D eigenvalue weighted by atomic mass is 16.5. The van der Waals surface area contributed by atoms with Gasteiger partial charge in [0.2, 0.25) is 5.91 Å². The maximum atomic E-state index is 11.7. The average Bonchev–Trinajstić information content (AvgIpc) is 2.91. The van der Waals surface area contributed by atoms with E-state index in [9.17, 15) is 4.79 Å². The highest BCUT2D eigenvalue weighted by Gasteiger charge is 2.16. The summed E-state index contributed by atoms with van der Waals surface area (Å²) in [5.41, 5.74) is 1.99. The number of para-hydroxylation sites is 2. The molecule has 1 N–H and O–H groups in total. The normalized spacial score (nSPS) is 14.8. The molecule has 4 heteroatoms. The first-order valence-electron chi connectivity index (χ1n) is 6.53. The molecule has 1 heterocycles. The Hall–Kier alpha value is -1.55. The SMILES string of the molecule is CCOCC(=O)Nc1ccccc1N1CCCC1. The van der Waals surface area contributed by atoms with Crippen molar-refractivity contribution in [2.24, 2.45) is 0 Å². The van der Waals surface area contributed by atoms with E-state index in [2.05, 4.69) is 16.3 Å². The number of amides is 1. The van der Waals surface area contributed by atoms with Gasteiger partial charge in [0, 0.05) is 19.7 Å². The average molecular weight is 248 g/mol. The Kier molecular flexibility index (Phi) is 4.59. The molecule has 4 nitrogen and oxygen atoms in total. The van der Waals surface area contributed by atoms with Crippen molar-refractivity contribution < 1.29 is 9.53 Å². The fourth-order valence-electron chi connectivity index (χ4n) is 2.19. The maximum absolute atomic E-state index is 11.7. The number of hydrogen-bond donors (Lipinski definition) is 1. The third-order valence-electron chi connectivity index (χ3n) is 3.06. The second-order valence-corrected chi connectivity index (χ2v) is 4.40. The van der Waals surface area contributed by atoms with E-state index in [1.165, 1.54) is 12.8 Å². The van der Waals surface area contributed by atoms with Gasteiger partial charge < -0.3 is 15.0 Å². The van der Waals surface area contributed by atoms with Gasteiger partial charge in [-0.15, -0.1) is 0 Å². The molecule has 1 aliphatic heterocycles. The van der Waals surface area contributed by atoms with Crippen LogP contribution in [0, 0.1) is 0 Å². The monoisotopic (exact) mass is 248 g/mol. The van der Waals surface area contributed by atoms with Gasteiger partial charge in [-0.05, 0) is 31.9 Å². The minimum Gasteiger partial charge on any atom is -0.372 e. The number of rotatable bonds is 5. The summed E-state index contributed by atoms with van der Waals surface area (Å²) in [5.74, 6) is -0.0940. The first-order valence-corrected chi connectivity index (χ1v) is 6.53. The van der Waals surface area contributed by atoms with E-state index in [0.717, 1.165) is 24.5 Å². The summed E-state index contributed by atoms with van der Waals surface area (Å²) in [4.78, 5) is 14.0. The van der Waals surface area contributed by atoms with Crippen molar-refractivity contribution in [3.05, 3.63) is 24.3 Å². The van der Waals surface area contributed by atoms with Crippen LogP contribution < -0.4 is 10.2 Å². The lowest BCUT2D eigenvalue weighted by Gasteiger charge is -2.21. The zero-order chi connectivity index (χ0) is 12.8. The summed E-state index contributed by atoms with van der Waals surface area (Å²) in [7, 11) is 0. The summed E-state index contributed by atoms with van der Waals surface area (Å²) >= 11 is 0. The third kappa shape index (κ3) is 3.23. The highest BCUT2D eigenvalue weighted by molar-refractivity contribution is 5.95. The van der Waals surface area contributed by atoms with Crippen molar-refractivity contribution in [2.45, 2.75) is 19.8 Å². The van der Waals surface area contributed by atoms with Crippen molar-refractivity contribution in [3.63, 3.8) is 0 Å². The number of carbonyl (C=O) groups is 1. The molecule has 18 heavy (non-hydrogen) atoms. The lowest BCUT2D eigenvalue weighted by atomic mass is 10.2. The van der Waals surface area contributed by atoms with Gasteiger partial charge >= 0.3 is 0 Å². The zero-order valence-corrected chi connectivity index (χ0v) is 10.8. The molecule has 1 aliphatic rings. The molecule has 0 unspecified atom stereocenters. The molecule has 0 aromatic heterocycles. The minimum atomic E-state index is -0.0940. The Morgan fingerprint density at radius 1 is 1.33 bits per heavy atom. The van der Waals surface area contributed by atoms with Gasteiger partial charge in [0.25, 0.3) is 0 Å². The Labute approximate surface area is 108 Å². The van der Waals surface area contributed by atoms with Crippen molar-refractivity contribution in [1.29, 1.82) is 0 Å². The number of ether oxygens (including phenoxy) is 1. The molecule has 1 fully saturated rings. The molecule has 2 rings (SSSR count). The summed E-state index contributed by atoms with van der Waals surface area (Å²) in [5, 5.41) is 2.92. The Balaban J connectivity index is 2.05. The number of hydrogen-bond acceptors (Lipinski definition) is 3. The van der Waals surface area contributed by atoms with Crippen LogP contribution in [0.15, 0.2) is 24.3 Å². The predicted octanol–water partition coefficient (Wildman–Crippen LogP) is 2.26. The Morgan fingerprint density at radius 3 is 2.78 bits per heavy atom. The van der Waals surface area contributed by atoms with E-state index >= 15 is 0 Å². The highest BCUT2D eigenvalue weighted by Crippen LogP contribution is 2.28. The van der Waals surface area contributed by atoms with Crippen LogP contribution in [0.2, 0.25) is 0 Å². The van der Waals surface area contributed by atoms with E-state index in [4.69, 9.17) is 4.74 Å². The zero-order valence-electron chi connectivity index (χ0n) is 10.8. The van der Waals surface area contributed by atoms with E-state index < -0.39 is 0 Å². The molecule has 0 saturated carbocycles. The Bertz CT molecular complexity index is 401. The van der Waals surface area contributed by atoms with Crippen LogP contribution in [-0.2, 0) is 9.53 Å². The first-order chi connectivity index (χ1) is 8.81. The molecule has 98 valence electrons. The van der Waals surface area contributed by atoms with Gasteiger partial charge in [0.1, 0.15) is 6.61 Å². The maximum Gasteiger partial charge on any atom is 0.250 e. The van der Waals surface area contributed by atoms with E-state index in [1.807, 2.05) is 25.1 Å². The van der Waals surface area contributed by atoms with Crippen molar-refractivity contribution in [1.82, 2.24) is 0 Å². The van der Waals surface area contributed by atoms with Crippen LogP contribution in [-0.4, -0.2) is 32.2 Å². The topological polar surface area (TPSA) is 41.6 Å². The summed E-state index contributed by atoms with van der Waals surface area (Å²) in [6.45, 7) is 4.69. The molecule has 1 saturated heterocycles. The quantitative estimate of drug-likeness (QED) is 0.869. The fraction of sp³-hybridized carbons (Fsp3) is 0.500. The molecule has 0 atom stereocenters. The van der Waals surface area contributed by atoms with Gasteiger partial charge in [0.15, 0.2) is 0 Å². The number of nitrogens with one attached hydrogen (secondary N) is 1. The van der Waals surface area contributed by atoms with Gasteiger partial charge in [-0.2, -0.15) is 0 Å². The van der Waals surface area contributed by atoms with Crippen molar-refractivity contribution in [3.8, 4) is 0 Å². The summed E-state index contributed by atoms with van der Waals surface area (Å²) < 4.78 is 5.11. The molecule has 0 aliphatic carbocycles. The Morgan fingerprint density at radius 2 is 2.06 bits per heavy atom. The number of nitrogens with zero attached hydrogens (tertiary/aromatic N) is 1. The molecule has 1 aromatic rings. The van der Waals surface area contributed by atoms with Gasteiger partial charge in [-0.1, -0.05) is 12.1 Å². The van der Waals surface area contributed by atoms with Gasteiger partial charge in [0.05, 0.1) is 11.4 Å². The molecular formula is C14H20N2O2. The summed E-state index contributed by atoms with van der Waals surface area (Å²) in [6, 6.07) is 7.95. The molecule has 1 aromatic carbocycles. The summed E-state index contributed by atoms with van der Waals surface area (Å²) in [6.07, 6.45) is 2.45. The standard InChI is InChI=1S/C14H20N2O2/c1-2-18-11-14(17)15-12-7-3-4-8-13(12)16-9-5-6-10-16/h3-4,7-8H,2,5-6,9-11H2,1H3,(H,15,17). The van der Waals surface area contributed by atoms with Crippen LogP contribution in [0.4, 0.5) is 11.4 Å². The van der Waals surface area contributed by atoms with Crippen LogP contribution in [0.5, 0.6) is 0 Å². The van der Waals surface area contributed by atoms with E-state index in [1.54, 1.807) is 0 Å². The molecule has 0 spiro atoms. The van der Waals surface area contributed by atoms with Crippen LogP contribution in [0.3, 0.4) is 0 Å². The lowest BCUT2D eigenvalue weighted by molar-refractivity contribution is -0.120. The number of anilines is 2. The van der Waals surface area contributed by atoms with Gasteiger partial charge in [-0.3, -0.25) is 4.79 Å². The minimum absolute atomic E-state index is 0.0940. The fourth-order valence-corrected chi connectivity index (χ4v) is 2.19. The smallest absolute Gasteiger partial charge is 0.250 e. The molecule has 0 bridgehead atoms. The van der Waals surface area contributed by atoms with Crippen molar-refractivity contribution >= 4 is 17.3 Å². The molecule has 1 amide bonds. The van der Waals surface area contributed by atoms with Crippen LogP contribution in [0.25, 0.3) is 0 Å². The first kappa shape index (κ1) is 12.9. The van der Waals surface area contributed by atoms with E-state index in [0.29, 0.717) is 6.61 Å². The van der Waals surface area contributed by atoms with Crippen LogP contribution in [0.1, 0.15) is 19.8 Å². The van der Waals surface area contributed by atoms with Gasteiger partial charge in [-0.25, -0.2) is 0 Å².